The summed E-state index contributed by atoms with van der Waals surface area (Å²) in [6.45, 7) is 0. The number of hydrazone groups is 1. The van der Waals surface area contributed by atoms with E-state index >= 15 is 0 Å². The SMILES string of the molecule is COc1ccc(C(=O)NN=Cc2ccc(OC)cc2OC)cc1. The van der Waals surface area contributed by atoms with Crippen LogP contribution in [-0.2, 0) is 0 Å². The second-order valence-corrected chi connectivity index (χ2v) is 4.54. The molecule has 2 rings (SSSR count). The third kappa shape index (κ3) is 4.23. The molecule has 0 spiro atoms. The van der Waals surface area contributed by atoms with E-state index in [9.17, 15) is 4.79 Å². The number of rotatable bonds is 6. The van der Waals surface area contributed by atoms with E-state index in [1.54, 1.807) is 63.8 Å². The minimum Gasteiger partial charge on any atom is -0.497 e. The van der Waals surface area contributed by atoms with Gasteiger partial charge in [0, 0.05) is 17.2 Å². The number of ether oxygens (including phenoxy) is 3. The van der Waals surface area contributed by atoms with Crippen molar-refractivity contribution in [3.63, 3.8) is 0 Å². The molecule has 0 bridgehead atoms. The highest BCUT2D eigenvalue weighted by Crippen LogP contribution is 2.23. The first-order chi connectivity index (χ1) is 11.2. The van der Waals surface area contributed by atoms with Gasteiger partial charge in [0.25, 0.3) is 5.91 Å². The van der Waals surface area contributed by atoms with Gasteiger partial charge >= 0.3 is 0 Å². The Labute approximate surface area is 134 Å². The predicted octanol–water partition coefficient (Wildman–Crippen LogP) is 2.48. The van der Waals surface area contributed by atoms with E-state index in [2.05, 4.69) is 10.5 Å². The molecule has 0 fully saturated rings. The van der Waals surface area contributed by atoms with Crippen molar-refractivity contribution in [2.75, 3.05) is 21.3 Å². The van der Waals surface area contributed by atoms with Crippen LogP contribution in [0.3, 0.4) is 0 Å². The molecule has 0 aliphatic rings. The van der Waals surface area contributed by atoms with Crippen molar-refractivity contribution in [2.24, 2.45) is 5.10 Å². The Kier molecular flexibility index (Phi) is 5.57. The number of nitrogens with zero attached hydrogens (tertiary/aromatic N) is 1. The molecule has 0 unspecified atom stereocenters. The molecule has 23 heavy (non-hydrogen) atoms. The van der Waals surface area contributed by atoms with E-state index in [1.165, 1.54) is 6.21 Å². The van der Waals surface area contributed by atoms with Crippen LogP contribution >= 0.6 is 0 Å². The molecule has 2 aromatic rings. The van der Waals surface area contributed by atoms with Crippen LogP contribution in [-0.4, -0.2) is 33.5 Å². The van der Waals surface area contributed by atoms with Crippen LogP contribution in [0.4, 0.5) is 0 Å². The topological polar surface area (TPSA) is 69.2 Å². The number of nitrogens with one attached hydrogen (secondary N) is 1. The molecule has 6 heteroatoms. The minimum absolute atomic E-state index is 0.309. The number of hydrogen-bond acceptors (Lipinski definition) is 5. The highest BCUT2D eigenvalue weighted by molar-refractivity contribution is 5.95. The van der Waals surface area contributed by atoms with Gasteiger partial charge in [0.2, 0.25) is 0 Å². The fraction of sp³-hybridized carbons (Fsp3) is 0.176. The molecule has 1 N–H and O–H groups in total. The normalized spacial score (nSPS) is 10.4. The summed E-state index contributed by atoms with van der Waals surface area (Å²) in [6.07, 6.45) is 1.51. The maximum Gasteiger partial charge on any atom is 0.271 e. The lowest BCUT2D eigenvalue weighted by atomic mass is 10.2. The zero-order chi connectivity index (χ0) is 16.7. The van der Waals surface area contributed by atoms with Crippen molar-refractivity contribution in [3.8, 4) is 17.2 Å². The van der Waals surface area contributed by atoms with Gasteiger partial charge in [0.05, 0.1) is 27.5 Å². The molecule has 0 saturated carbocycles. The monoisotopic (exact) mass is 314 g/mol. The molecule has 0 heterocycles. The number of amides is 1. The summed E-state index contributed by atoms with van der Waals surface area (Å²) in [5.41, 5.74) is 3.68. The fourth-order valence-electron chi connectivity index (χ4n) is 1.89. The van der Waals surface area contributed by atoms with Crippen LogP contribution < -0.4 is 19.6 Å². The standard InChI is InChI=1S/C17H18N2O4/c1-21-14-7-4-12(5-8-14)17(20)19-18-11-13-6-9-15(22-2)10-16(13)23-3/h4-11H,1-3H3,(H,19,20). The number of methoxy groups -OCH3 is 3. The van der Waals surface area contributed by atoms with Crippen LogP contribution in [0, 0.1) is 0 Å². The van der Waals surface area contributed by atoms with Crippen LogP contribution in [0.2, 0.25) is 0 Å². The molecule has 0 radical (unpaired) electrons. The van der Waals surface area contributed by atoms with E-state index in [1.807, 2.05) is 0 Å². The van der Waals surface area contributed by atoms with Gasteiger partial charge in [-0.25, -0.2) is 5.43 Å². The Morgan fingerprint density at radius 2 is 1.61 bits per heavy atom. The maximum absolute atomic E-state index is 12.0. The Bertz CT molecular complexity index is 696. The van der Waals surface area contributed by atoms with Crippen molar-refractivity contribution in [1.29, 1.82) is 0 Å². The average Bonchev–Trinajstić information content (AvgIpc) is 2.61. The van der Waals surface area contributed by atoms with E-state index in [-0.39, 0.29) is 5.91 Å². The van der Waals surface area contributed by atoms with Crippen molar-refractivity contribution in [1.82, 2.24) is 5.43 Å². The van der Waals surface area contributed by atoms with Gasteiger partial charge in [0.1, 0.15) is 17.2 Å². The molecule has 6 nitrogen and oxygen atoms in total. The van der Waals surface area contributed by atoms with Gasteiger partial charge in [-0.2, -0.15) is 5.10 Å². The van der Waals surface area contributed by atoms with Crippen molar-refractivity contribution < 1.29 is 19.0 Å². The third-order valence-corrected chi connectivity index (χ3v) is 3.16. The lowest BCUT2D eigenvalue weighted by molar-refractivity contribution is 0.0955. The van der Waals surface area contributed by atoms with Crippen molar-refractivity contribution >= 4 is 12.1 Å². The molecule has 0 aromatic heterocycles. The number of hydrogen-bond donors (Lipinski definition) is 1. The molecule has 120 valence electrons. The highest BCUT2D eigenvalue weighted by Gasteiger charge is 2.05. The van der Waals surface area contributed by atoms with Gasteiger partial charge < -0.3 is 14.2 Å². The summed E-state index contributed by atoms with van der Waals surface area (Å²) in [5.74, 6) is 1.66. The summed E-state index contributed by atoms with van der Waals surface area (Å²) < 4.78 is 15.4. The fourth-order valence-corrected chi connectivity index (χ4v) is 1.89. The quantitative estimate of drug-likeness (QED) is 0.657. The molecular formula is C17H18N2O4. The molecule has 0 aliphatic carbocycles. The number of carbonyl (C=O) groups excluding carboxylic acids is 1. The third-order valence-electron chi connectivity index (χ3n) is 3.16. The highest BCUT2D eigenvalue weighted by atomic mass is 16.5. The van der Waals surface area contributed by atoms with Gasteiger partial charge in [-0.3, -0.25) is 4.79 Å². The average molecular weight is 314 g/mol. The lowest BCUT2D eigenvalue weighted by Crippen LogP contribution is -2.17. The molecule has 2 aromatic carbocycles. The molecule has 1 amide bonds. The summed E-state index contributed by atoms with van der Waals surface area (Å²) in [7, 11) is 4.71. The minimum atomic E-state index is -0.309. The summed E-state index contributed by atoms with van der Waals surface area (Å²) in [5, 5.41) is 3.95. The van der Waals surface area contributed by atoms with E-state index in [0.717, 1.165) is 5.56 Å². The van der Waals surface area contributed by atoms with E-state index in [0.29, 0.717) is 22.8 Å². The van der Waals surface area contributed by atoms with Crippen molar-refractivity contribution in [2.45, 2.75) is 0 Å². The predicted molar refractivity (Wildman–Crippen MR) is 87.6 cm³/mol. The van der Waals surface area contributed by atoms with Crippen molar-refractivity contribution in [3.05, 3.63) is 53.6 Å². The van der Waals surface area contributed by atoms with Gasteiger partial charge in [-0.05, 0) is 36.4 Å². The smallest absolute Gasteiger partial charge is 0.271 e. The second-order valence-electron chi connectivity index (χ2n) is 4.54. The Morgan fingerprint density at radius 3 is 2.22 bits per heavy atom. The Hall–Kier alpha value is -3.02. The Balaban J connectivity index is 2.04. The zero-order valence-electron chi connectivity index (χ0n) is 13.2. The van der Waals surface area contributed by atoms with Gasteiger partial charge in [-0.1, -0.05) is 0 Å². The lowest BCUT2D eigenvalue weighted by Gasteiger charge is -2.07. The first-order valence-electron chi connectivity index (χ1n) is 6.87. The maximum atomic E-state index is 12.0. The summed E-state index contributed by atoms with van der Waals surface area (Å²) in [4.78, 5) is 12.0. The number of carbonyl (C=O) groups is 1. The van der Waals surface area contributed by atoms with E-state index < -0.39 is 0 Å². The zero-order valence-corrected chi connectivity index (χ0v) is 13.2. The first-order valence-corrected chi connectivity index (χ1v) is 6.87. The molecule has 0 saturated heterocycles. The molecule has 0 aliphatic heterocycles. The summed E-state index contributed by atoms with van der Waals surface area (Å²) >= 11 is 0. The van der Waals surface area contributed by atoms with E-state index in [4.69, 9.17) is 14.2 Å². The van der Waals surface area contributed by atoms with Gasteiger partial charge in [-0.15, -0.1) is 0 Å². The second kappa shape index (κ2) is 7.84. The molecule has 0 atom stereocenters. The Morgan fingerprint density at radius 1 is 0.957 bits per heavy atom. The van der Waals surface area contributed by atoms with Crippen LogP contribution in [0.5, 0.6) is 17.2 Å². The van der Waals surface area contributed by atoms with Crippen LogP contribution in [0.1, 0.15) is 15.9 Å². The molecular weight excluding hydrogens is 296 g/mol. The summed E-state index contributed by atoms with van der Waals surface area (Å²) in [6, 6.07) is 12.1. The van der Waals surface area contributed by atoms with Crippen LogP contribution in [0.15, 0.2) is 47.6 Å². The van der Waals surface area contributed by atoms with Crippen LogP contribution in [0.25, 0.3) is 0 Å². The largest absolute Gasteiger partial charge is 0.497 e. The first kappa shape index (κ1) is 16.4. The van der Waals surface area contributed by atoms with Gasteiger partial charge in [0.15, 0.2) is 0 Å². The number of benzene rings is 2.